The van der Waals surface area contributed by atoms with Gasteiger partial charge in [-0.05, 0) is 24.7 Å². The molecule has 1 rings (SSSR count). The first-order chi connectivity index (χ1) is 7.93. The highest BCUT2D eigenvalue weighted by Crippen LogP contribution is 2.52. The molecule has 2 atom stereocenters. The quantitative estimate of drug-likeness (QED) is 0.746. The molecule has 2 nitrogen and oxygen atoms in total. The highest BCUT2D eigenvalue weighted by molar-refractivity contribution is 7.58. The first-order valence-electron chi connectivity index (χ1n) is 7.25. The van der Waals surface area contributed by atoms with Crippen LogP contribution in [0.1, 0.15) is 65.7 Å². The van der Waals surface area contributed by atoms with E-state index in [4.69, 9.17) is 0 Å². The van der Waals surface area contributed by atoms with Crippen LogP contribution in [0.4, 0.5) is 0 Å². The fraction of sp³-hybridized carbons (Fsp3) is 1.00. The summed E-state index contributed by atoms with van der Waals surface area (Å²) in [5, 5.41) is 0. The van der Waals surface area contributed by atoms with Crippen molar-refractivity contribution in [2.75, 3.05) is 6.16 Å². The Labute approximate surface area is 107 Å². The van der Waals surface area contributed by atoms with Crippen molar-refractivity contribution >= 4 is 7.37 Å². The van der Waals surface area contributed by atoms with Gasteiger partial charge in [-0.2, -0.15) is 0 Å². The largest absolute Gasteiger partial charge is 0.344 e. The van der Waals surface area contributed by atoms with Crippen LogP contribution in [0.2, 0.25) is 0 Å². The van der Waals surface area contributed by atoms with E-state index in [9.17, 15) is 9.46 Å². The first-order valence-corrected chi connectivity index (χ1v) is 9.16. The summed E-state index contributed by atoms with van der Waals surface area (Å²) >= 11 is 0. The van der Waals surface area contributed by atoms with Gasteiger partial charge in [-0.1, -0.05) is 52.9 Å². The zero-order valence-electron chi connectivity index (χ0n) is 11.7. The van der Waals surface area contributed by atoms with Crippen LogP contribution in [0.15, 0.2) is 0 Å². The summed E-state index contributed by atoms with van der Waals surface area (Å²) in [6, 6.07) is 0. The minimum atomic E-state index is -2.93. The molecule has 3 heteroatoms. The van der Waals surface area contributed by atoms with Gasteiger partial charge in [0.05, 0.1) is 0 Å². The SMILES string of the molecule is CC(C)C(C)CP(=O)(O)C1CCCCCCC1. The van der Waals surface area contributed by atoms with E-state index in [0.717, 1.165) is 25.7 Å². The van der Waals surface area contributed by atoms with Gasteiger partial charge in [0.25, 0.3) is 0 Å². The lowest BCUT2D eigenvalue weighted by molar-refractivity contribution is 0.396. The van der Waals surface area contributed by atoms with Gasteiger partial charge in [0.15, 0.2) is 0 Å². The van der Waals surface area contributed by atoms with Gasteiger partial charge in [0, 0.05) is 11.8 Å². The second kappa shape index (κ2) is 6.95. The van der Waals surface area contributed by atoms with Crippen LogP contribution in [0, 0.1) is 11.8 Å². The average molecular weight is 260 g/mol. The molecule has 0 saturated heterocycles. The molecule has 1 aliphatic carbocycles. The molecule has 0 amide bonds. The Kier molecular flexibility index (Phi) is 6.23. The molecule has 102 valence electrons. The van der Waals surface area contributed by atoms with E-state index in [2.05, 4.69) is 20.8 Å². The van der Waals surface area contributed by atoms with Gasteiger partial charge >= 0.3 is 0 Å². The van der Waals surface area contributed by atoms with E-state index in [0.29, 0.717) is 18.0 Å². The van der Waals surface area contributed by atoms with E-state index in [-0.39, 0.29) is 5.66 Å². The van der Waals surface area contributed by atoms with Crippen molar-refractivity contribution in [2.24, 2.45) is 11.8 Å². The standard InChI is InChI=1S/C14H29O2P/c1-12(2)13(3)11-17(15,16)14-9-7-5-4-6-8-10-14/h12-14H,4-11H2,1-3H3,(H,15,16). The minimum Gasteiger partial charge on any atom is -0.344 e. The summed E-state index contributed by atoms with van der Waals surface area (Å²) in [6.45, 7) is 6.39. The summed E-state index contributed by atoms with van der Waals surface area (Å²) < 4.78 is 12.5. The fourth-order valence-corrected chi connectivity index (χ4v) is 5.33. The second-order valence-electron chi connectivity index (χ2n) is 6.16. The molecule has 2 unspecified atom stereocenters. The molecular weight excluding hydrogens is 231 g/mol. The molecule has 0 aromatic heterocycles. The summed E-state index contributed by atoms with van der Waals surface area (Å²) in [5.74, 6) is 0.861. The lowest BCUT2D eigenvalue weighted by Gasteiger charge is -2.28. The first kappa shape index (κ1) is 15.2. The van der Waals surface area contributed by atoms with Crippen LogP contribution in [0.25, 0.3) is 0 Å². The minimum absolute atomic E-state index is 0.0870. The maximum atomic E-state index is 12.5. The highest BCUT2D eigenvalue weighted by atomic mass is 31.2. The lowest BCUT2D eigenvalue weighted by Crippen LogP contribution is -2.18. The van der Waals surface area contributed by atoms with Crippen molar-refractivity contribution in [1.29, 1.82) is 0 Å². The highest BCUT2D eigenvalue weighted by Gasteiger charge is 2.32. The molecule has 1 aliphatic rings. The maximum absolute atomic E-state index is 12.5. The number of hydrogen-bond donors (Lipinski definition) is 1. The Morgan fingerprint density at radius 3 is 2.00 bits per heavy atom. The molecule has 0 spiro atoms. The Morgan fingerprint density at radius 2 is 1.53 bits per heavy atom. The van der Waals surface area contributed by atoms with Gasteiger partial charge in [-0.15, -0.1) is 0 Å². The topological polar surface area (TPSA) is 37.3 Å². The molecular formula is C14H29O2P. The normalized spacial score (nSPS) is 25.0. The van der Waals surface area contributed by atoms with Crippen LogP contribution in [-0.2, 0) is 4.57 Å². The third-order valence-corrected chi connectivity index (χ3v) is 7.09. The summed E-state index contributed by atoms with van der Waals surface area (Å²) in [6.07, 6.45) is 8.56. The second-order valence-corrected chi connectivity index (χ2v) is 8.77. The molecule has 0 radical (unpaired) electrons. The summed E-state index contributed by atoms with van der Waals surface area (Å²) in [7, 11) is -2.93. The Morgan fingerprint density at radius 1 is 1.06 bits per heavy atom. The lowest BCUT2D eigenvalue weighted by atomic mass is 10.0. The van der Waals surface area contributed by atoms with Crippen molar-refractivity contribution in [3.05, 3.63) is 0 Å². The van der Waals surface area contributed by atoms with Crippen molar-refractivity contribution in [2.45, 2.75) is 71.4 Å². The molecule has 0 aromatic rings. The van der Waals surface area contributed by atoms with E-state index >= 15 is 0 Å². The molecule has 1 N–H and O–H groups in total. The van der Waals surface area contributed by atoms with Crippen molar-refractivity contribution < 1.29 is 9.46 Å². The van der Waals surface area contributed by atoms with Gasteiger partial charge in [0.2, 0.25) is 7.37 Å². The van der Waals surface area contributed by atoms with Crippen molar-refractivity contribution in [1.82, 2.24) is 0 Å². The molecule has 1 saturated carbocycles. The van der Waals surface area contributed by atoms with Crippen LogP contribution in [-0.4, -0.2) is 16.7 Å². The van der Waals surface area contributed by atoms with E-state index in [1.807, 2.05) is 0 Å². The smallest absolute Gasteiger partial charge is 0.203 e. The van der Waals surface area contributed by atoms with Crippen LogP contribution < -0.4 is 0 Å². The summed E-state index contributed by atoms with van der Waals surface area (Å²) in [5.41, 5.74) is 0.0870. The predicted octanol–water partition coefficient (Wildman–Crippen LogP) is 4.66. The molecule has 17 heavy (non-hydrogen) atoms. The third-order valence-electron chi connectivity index (χ3n) is 4.33. The zero-order valence-corrected chi connectivity index (χ0v) is 12.6. The molecule has 1 fully saturated rings. The Hall–Kier alpha value is 0.190. The molecule has 0 aliphatic heterocycles. The Bertz CT molecular complexity index is 255. The molecule has 0 bridgehead atoms. The van der Waals surface area contributed by atoms with Gasteiger partial charge in [0.1, 0.15) is 0 Å². The number of hydrogen-bond acceptors (Lipinski definition) is 1. The fourth-order valence-electron chi connectivity index (χ4n) is 2.61. The van der Waals surface area contributed by atoms with Crippen molar-refractivity contribution in [3.8, 4) is 0 Å². The molecule has 0 aromatic carbocycles. The van der Waals surface area contributed by atoms with Crippen LogP contribution in [0.5, 0.6) is 0 Å². The maximum Gasteiger partial charge on any atom is 0.203 e. The van der Waals surface area contributed by atoms with Crippen molar-refractivity contribution in [3.63, 3.8) is 0 Å². The van der Waals surface area contributed by atoms with E-state index < -0.39 is 7.37 Å². The van der Waals surface area contributed by atoms with E-state index in [1.165, 1.54) is 19.3 Å². The van der Waals surface area contributed by atoms with E-state index in [1.54, 1.807) is 0 Å². The van der Waals surface area contributed by atoms with Gasteiger partial charge in [-0.25, -0.2) is 0 Å². The molecule has 0 heterocycles. The average Bonchev–Trinajstić information content (AvgIpc) is 2.14. The third kappa shape index (κ3) is 5.14. The summed E-state index contributed by atoms with van der Waals surface area (Å²) in [4.78, 5) is 10.3. The van der Waals surface area contributed by atoms with Crippen LogP contribution in [0.3, 0.4) is 0 Å². The number of rotatable bonds is 4. The van der Waals surface area contributed by atoms with Gasteiger partial charge in [-0.3, -0.25) is 4.57 Å². The van der Waals surface area contributed by atoms with Crippen LogP contribution >= 0.6 is 7.37 Å². The Balaban J connectivity index is 2.56. The predicted molar refractivity (Wildman–Crippen MR) is 74.8 cm³/mol. The van der Waals surface area contributed by atoms with Gasteiger partial charge < -0.3 is 4.89 Å². The monoisotopic (exact) mass is 260 g/mol. The zero-order chi connectivity index (χ0) is 12.9.